The SMILES string of the molecule is Cc1ccc(C)c(CC(Br)C2C(C)OC(C)C2C)c1. The molecule has 1 aromatic rings. The molecule has 19 heavy (non-hydrogen) atoms. The number of aryl methyl sites for hydroxylation is 2. The van der Waals surface area contributed by atoms with Gasteiger partial charge in [0.2, 0.25) is 0 Å². The Kier molecular flexibility index (Phi) is 4.73. The Morgan fingerprint density at radius 1 is 1.16 bits per heavy atom. The molecule has 0 spiro atoms. The monoisotopic (exact) mass is 324 g/mol. The van der Waals surface area contributed by atoms with E-state index in [9.17, 15) is 0 Å². The van der Waals surface area contributed by atoms with Crippen LogP contribution in [0.15, 0.2) is 18.2 Å². The third-order valence-electron chi connectivity index (χ3n) is 4.66. The molecule has 5 unspecified atom stereocenters. The van der Waals surface area contributed by atoms with Gasteiger partial charge in [-0.05, 0) is 51.2 Å². The lowest BCUT2D eigenvalue weighted by Gasteiger charge is -2.25. The minimum Gasteiger partial charge on any atom is -0.375 e. The van der Waals surface area contributed by atoms with Gasteiger partial charge in [-0.1, -0.05) is 46.6 Å². The highest BCUT2D eigenvalue weighted by Gasteiger charge is 2.40. The van der Waals surface area contributed by atoms with Crippen molar-refractivity contribution in [2.45, 2.75) is 58.1 Å². The molecule has 1 nitrogen and oxygen atoms in total. The second kappa shape index (κ2) is 5.97. The summed E-state index contributed by atoms with van der Waals surface area (Å²) in [5, 5.41) is 0. The lowest BCUT2D eigenvalue weighted by Crippen LogP contribution is -2.28. The fourth-order valence-electron chi connectivity index (χ4n) is 3.28. The van der Waals surface area contributed by atoms with E-state index in [4.69, 9.17) is 4.74 Å². The topological polar surface area (TPSA) is 9.23 Å². The maximum atomic E-state index is 5.97. The fourth-order valence-corrected chi connectivity index (χ4v) is 4.54. The number of alkyl halides is 1. The summed E-state index contributed by atoms with van der Waals surface area (Å²) in [7, 11) is 0. The average Bonchev–Trinajstić information content (AvgIpc) is 2.58. The second-order valence-electron chi connectivity index (χ2n) is 6.13. The van der Waals surface area contributed by atoms with Gasteiger partial charge in [-0.3, -0.25) is 0 Å². The minimum atomic E-state index is 0.347. The first-order valence-electron chi connectivity index (χ1n) is 7.25. The number of halogens is 1. The number of hydrogen-bond donors (Lipinski definition) is 0. The summed E-state index contributed by atoms with van der Waals surface area (Å²) in [5.41, 5.74) is 4.19. The van der Waals surface area contributed by atoms with Crippen molar-refractivity contribution in [2.75, 3.05) is 0 Å². The highest BCUT2D eigenvalue weighted by atomic mass is 79.9. The molecule has 1 aliphatic heterocycles. The standard InChI is InChI=1S/C17H25BrO/c1-10-6-7-11(2)15(8-10)9-16(18)17-12(3)13(4)19-14(17)5/h6-8,12-14,16-17H,9H2,1-5H3. The Labute approximate surface area is 125 Å². The highest BCUT2D eigenvalue weighted by Crippen LogP contribution is 2.38. The summed E-state index contributed by atoms with van der Waals surface area (Å²) in [4.78, 5) is 0.489. The van der Waals surface area contributed by atoms with Crippen LogP contribution in [0.1, 0.15) is 37.5 Å². The lowest BCUT2D eigenvalue weighted by atomic mass is 9.84. The van der Waals surface area contributed by atoms with Gasteiger partial charge in [0.25, 0.3) is 0 Å². The Balaban J connectivity index is 2.12. The third kappa shape index (κ3) is 3.22. The first-order chi connectivity index (χ1) is 8.90. The maximum absolute atomic E-state index is 5.97. The average molecular weight is 325 g/mol. The Bertz CT molecular complexity index is 443. The third-order valence-corrected chi connectivity index (χ3v) is 5.59. The predicted molar refractivity (Wildman–Crippen MR) is 85.0 cm³/mol. The largest absolute Gasteiger partial charge is 0.375 e. The van der Waals surface area contributed by atoms with Gasteiger partial charge < -0.3 is 4.74 Å². The first-order valence-corrected chi connectivity index (χ1v) is 8.17. The molecule has 0 saturated carbocycles. The Hall–Kier alpha value is -0.340. The number of benzene rings is 1. The van der Waals surface area contributed by atoms with Crippen LogP contribution in [0.5, 0.6) is 0 Å². The molecule has 0 bridgehead atoms. The summed E-state index contributed by atoms with van der Waals surface area (Å²) >= 11 is 3.93. The van der Waals surface area contributed by atoms with Crippen LogP contribution < -0.4 is 0 Å². The van der Waals surface area contributed by atoms with E-state index < -0.39 is 0 Å². The maximum Gasteiger partial charge on any atom is 0.0593 e. The molecule has 0 radical (unpaired) electrons. The minimum absolute atomic E-state index is 0.347. The fraction of sp³-hybridized carbons (Fsp3) is 0.647. The predicted octanol–water partition coefficient (Wildman–Crippen LogP) is 4.67. The zero-order chi connectivity index (χ0) is 14.2. The Morgan fingerprint density at radius 2 is 1.84 bits per heavy atom. The molecule has 1 saturated heterocycles. The van der Waals surface area contributed by atoms with Gasteiger partial charge in [-0.15, -0.1) is 0 Å². The molecule has 1 aliphatic rings. The van der Waals surface area contributed by atoms with E-state index in [1.807, 2.05) is 0 Å². The van der Waals surface area contributed by atoms with Gasteiger partial charge in [-0.25, -0.2) is 0 Å². The van der Waals surface area contributed by atoms with Crippen molar-refractivity contribution >= 4 is 15.9 Å². The van der Waals surface area contributed by atoms with E-state index in [1.165, 1.54) is 16.7 Å². The summed E-state index contributed by atoms with van der Waals surface area (Å²) in [6.07, 6.45) is 1.81. The molecule has 0 aromatic heterocycles. The number of hydrogen-bond acceptors (Lipinski definition) is 1. The normalized spacial score (nSPS) is 32.5. The van der Waals surface area contributed by atoms with Crippen molar-refractivity contribution in [3.05, 3.63) is 34.9 Å². The first kappa shape index (κ1) is 15.1. The van der Waals surface area contributed by atoms with E-state index in [2.05, 4.69) is 68.7 Å². The highest BCUT2D eigenvalue weighted by molar-refractivity contribution is 9.09. The van der Waals surface area contributed by atoms with Gasteiger partial charge in [0.15, 0.2) is 0 Å². The van der Waals surface area contributed by atoms with E-state index in [-0.39, 0.29) is 0 Å². The smallest absolute Gasteiger partial charge is 0.0593 e. The summed E-state index contributed by atoms with van der Waals surface area (Å²) in [6, 6.07) is 6.73. The van der Waals surface area contributed by atoms with Gasteiger partial charge >= 0.3 is 0 Å². The number of rotatable bonds is 3. The van der Waals surface area contributed by atoms with Gasteiger partial charge in [0.05, 0.1) is 12.2 Å². The van der Waals surface area contributed by atoms with E-state index in [1.54, 1.807) is 0 Å². The van der Waals surface area contributed by atoms with Crippen molar-refractivity contribution in [1.29, 1.82) is 0 Å². The van der Waals surface area contributed by atoms with Crippen molar-refractivity contribution in [3.63, 3.8) is 0 Å². The summed E-state index contributed by atoms with van der Waals surface area (Å²) in [6.45, 7) is 11.1. The van der Waals surface area contributed by atoms with Crippen molar-refractivity contribution in [1.82, 2.24) is 0 Å². The van der Waals surface area contributed by atoms with Crippen molar-refractivity contribution in [2.24, 2.45) is 11.8 Å². The van der Waals surface area contributed by atoms with Crippen LogP contribution >= 0.6 is 15.9 Å². The molecule has 0 N–H and O–H groups in total. The molecule has 2 rings (SSSR count). The Morgan fingerprint density at radius 3 is 2.42 bits per heavy atom. The van der Waals surface area contributed by atoms with E-state index in [0.717, 1.165) is 6.42 Å². The molecule has 1 aromatic carbocycles. The van der Waals surface area contributed by atoms with Crippen molar-refractivity contribution in [3.8, 4) is 0 Å². The van der Waals surface area contributed by atoms with Crippen LogP contribution in [0.25, 0.3) is 0 Å². The van der Waals surface area contributed by atoms with Crippen LogP contribution in [0.2, 0.25) is 0 Å². The molecule has 0 aliphatic carbocycles. The second-order valence-corrected chi connectivity index (χ2v) is 7.31. The molecular weight excluding hydrogens is 300 g/mol. The van der Waals surface area contributed by atoms with Gasteiger partial charge in [0, 0.05) is 10.7 Å². The van der Waals surface area contributed by atoms with Crippen LogP contribution in [-0.4, -0.2) is 17.0 Å². The molecule has 0 amide bonds. The molecule has 5 atom stereocenters. The molecule has 1 heterocycles. The van der Waals surface area contributed by atoms with Crippen LogP contribution in [0.3, 0.4) is 0 Å². The summed E-state index contributed by atoms with van der Waals surface area (Å²) < 4.78 is 5.97. The molecular formula is C17H25BrO. The van der Waals surface area contributed by atoms with Gasteiger partial charge in [-0.2, -0.15) is 0 Å². The molecule has 1 fully saturated rings. The van der Waals surface area contributed by atoms with Crippen LogP contribution in [0.4, 0.5) is 0 Å². The van der Waals surface area contributed by atoms with E-state index in [0.29, 0.717) is 28.9 Å². The molecule has 106 valence electrons. The van der Waals surface area contributed by atoms with Crippen LogP contribution in [-0.2, 0) is 11.2 Å². The lowest BCUT2D eigenvalue weighted by molar-refractivity contribution is 0.0511. The van der Waals surface area contributed by atoms with Crippen molar-refractivity contribution < 1.29 is 4.74 Å². The van der Waals surface area contributed by atoms with E-state index >= 15 is 0 Å². The van der Waals surface area contributed by atoms with Crippen LogP contribution in [0, 0.1) is 25.7 Å². The molecule has 2 heteroatoms. The summed E-state index contributed by atoms with van der Waals surface area (Å²) in [5.74, 6) is 1.21. The zero-order valence-electron chi connectivity index (χ0n) is 12.6. The quantitative estimate of drug-likeness (QED) is 0.734. The number of ether oxygens (including phenoxy) is 1. The van der Waals surface area contributed by atoms with Gasteiger partial charge in [0.1, 0.15) is 0 Å². The zero-order valence-corrected chi connectivity index (χ0v) is 14.2.